The molecular formula is C15H15ClFNS. The number of nitrogens with two attached hydrogens (primary N) is 1. The van der Waals surface area contributed by atoms with Crippen LogP contribution < -0.4 is 5.73 Å². The zero-order valence-corrected chi connectivity index (χ0v) is 12.1. The van der Waals surface area contributed by atoms with Crippen LogP contribution in [-0.4, -0.2) is 6.04 Å². The Hall–Kier alpha value is -1.03. The lowest BCUT2D eigenvalue weighted by molar-refractivity contribution is 0.602. The maximum Gasteiger partial charge on any atom is 0.137 e. The summed E-state index contributed by atoms with van der Waals surface area (Å²) in [5.41, 5.74) is 6.82. The molecule has 0 radical (unpaired) electrons. The van der Waals surface area contributed by atoms with E-state index in [1.165, 1.54) is 17.8 Å². The fraction of sp³-hybridized carbons (Fsp3) is 0.200. The number of rotatable bonds is 4. The second-order valence-corrected chi connectivity index (χ2v) is 5.92. The molecular weight excluding hydrogens is 281 g/mol. The number of hydrogen-bond donors (Lipinski definition) is 1. The van der Waals surface area contributed by atoms with Gasteiger partial charge in [0.05, 0.1) is 0 Å². The molecule has 1 unspecified atom stereocenters. The van der Waals surface area contributed by atoms with Gasteiger partial charge >= 0.3 is 0 Å². The lowest BCUT2D eigenvalue weighted by Gasteiger charge is -2.13. The van der Waals surface area contributed by atoms with Crippen LogP contribution in [0.4, 0.5) is 4.39 Å². The largest absolute Gasteiger partial charge is 0.328 e. The summed E-state index contributed by atoms with van der Waals surface area (Å²) in [6.45, 7) is 1.93. The Morgan fingerprint density at radius 1 is 1.16 bits per heavy atom. The van der Waals surface area contributed by atoms with Crippen molar-refractivity contribution in [1.82, 2.24) is 0 Å². The standard InChI is InChI=1S/C15H15ClFNS/c1-10(18)9-11-12(16)5-4-8-14(11)19-15-7-3-2-6-13(15)17/h2-8,10H,9,18H2,1H3. The van der Waals surface area contributed by atoms with E-state index in [1.54, 1.807) is 12.1 Å². The number of benzene rings is 2. The van der Waals surface area contributed by atoms with Gasteiger partial charge in [0.25, 0.3) is 0 Å². The topological polar surface area (TPSA) is 26.0 Å². The Balaban J connectivity index is 2.35. The van der Waals surface area contributed by atoms with Crippen molar-refractivity contribution < 1.29 is 4.39 Å². The maximum atomic E-state index is 13.7. The van der Waals surface area contributed by atoms with Gasteiger partial charge in [-0.3, -0.25) is 0 Å². The summed E-state index contributed by atoms with van der Waals surface area (Å²) in [4.78, 5) is 1.55. The van der Waals surface area contributed by atoms with E-state index in [1.807, 2.05) is 31.2 Å². The van der Waals surface area contributed by atoms with Crippen molar-refractivity contribution in [3.63, 3.8) is 0 Å². The van der Waals surface area contributed by atoms with E-state index in [2.05, 4.69) is 0 Å². The minimum atomic E-state index is -0.223. The Morgan fingerprint density at radius 3 is 2.53 bits per heavy atom. The van der Waals surface area contributed by atoms with Crippen LogP contribution in [0.3, 0.4) is 0 Å². The first-order chi connectivity index (χ1) is 9.08. The molecule has 0 fully saturated rings. The molecule has 2 rings (SSSR count). The molecule has 0 heterocycles. The molecule has 0 aliphatic heterocycles. The second-order valence-electron chi connectivity index (χ2n) is 4.43. The third-order valence-corrected chi connectivity index (χ3v) is 4.17. The lowest BCUT2D eigenvalue weighted by atomic mass is 10.1. The first-order valence-corrected chi connectivity index (χ1v) is 7.22. The van der Waals surface area contributed by atoms with Crippen LogP contribution in [0.5, 0.6) is 0 Å². The van der Waals surface area contributed by atoms with Gasteiger partial charge in [0.15, 0.2) is 0 Å². The van der Waals surface area contributed by atoms with E-state index in [-0.39, 0.29) is 11.9 Å². The van der Waals surface area contributed by atoms with Gasteiger partial charge in [-0.1, -0.05) is 41.6 Å². The van der Waals surface area contributed by atoms with Gasteiger partial charge in [-0.15, -0.1) is 0 Å². The monoisotopic (exact) mass is 295 g/mol. The molecule has 0 aliphatic carbocycles. The molecule has 2 aromatic carbocycles. The molecule has 0 bridgehead atoms. The summed E-state index contributed by atoms with van der Waals surface area (Å²) in [6, 6.07) is 12.4. The van der Waals surface area contributed by atoms with E-state index in [0.29, 0.717) is 16.3 Å². The molecule has 100 valence electrons. The minimum absolute atomic E-state index is 0.0138. The summed E-state index contributed by atoms with van der Waals surface area (Å²) < 4.78 is 13.7. The van der Waals surface area contributed by atoms with E-state index >= 15 is 0 Å². The first kappa shape index (κ1) is 14.4. The average molecular weight is 296 g/mol. The molecule has 4 heteroatoms. The minimum Gasteiger partial charge on any atom is -0.328 e. The quantitative estimate of drug-likeness (QED) is 0.897. The highest BCUT2D eigenvalue weighted by molar-refractivity contribution is 7.99. The van der Waals surface area contributed by atoms with Crippen molar-refractivity contribution >= 4 is 23.4 Å². The molecule has 2 N–H and O–H groups in total. The van der Waals surface area contributed by atoms with Gasteiger partial charge in [0.1, 0.15) is 5.82 Å². The summed E-state index contributed by atoms with van der Waals surface area (Å²) >= 11 is 7.60. The molecule has 0 saturated carbocycles. The molecule has 0 aromatic heterocycles. The van der Waals surface area contributed by atoms with Gasteiger partial charge in [0, 0.05) is 20.9 Å². The fourth-order valence-electron chi connectivity index (χ4n) is 1.80. The lowest BCUT2D eigenvalue weighted by Crippen LogP contribution is -2.18. The van der Waals surface area contributed by atoms with Gasteiger partial charge in [0.2, 0.25) is 0 Å². The normalized spacial score (nSPS) is 12.4. The highest BCUT2D eigenvalue weighted by Gasteiger charge is 2.12. The van der Waals surface area contributed by atoms with Crippen molar-refractivity contribution in [1.29, 1.82) is 0 Å². The zero-order valence-electron chi connectivity index (χ0n) is 10.6. The number of halogens is 2. The Labute approximate surface area is 122 Å². The predicted molar refractivity (Wildman–Crippen MR) is 79.3 cm³/mol. The Kier molecular flexibility index (Phi) is 4.86. The molecule has 2 aromatic rings. The van der Waals surface area contributed by atoms with Crippen LogP contribution in [-0.2, 0) is 6.42 Å². The molecule has 0 saturated heterocycles. The first-order valence-electron chi connectivity index (χ1n) is 6.03. The highest BCUT2D eigenvalue weighted by Crippen LogP contribution is 2.35. The third-order valence-electron chi connectivity index (χ3n) is 2.66. The highest BCUT2D eigenvalue weighted by atomic mass is 35.5. The summed E-state index contributed by atoms with van der Waals surface area (Å²) in [6.07, 6.45) is 0.677. The van der Waals surface area contributed by atoms with Gasteiger partial charge in [-0.25, -0.2) is 4.39 Å². The molecule has 0 spiro atoms. The molecule has 0 aliphatic rings. The second kappa shape index (κ2) is 6.42. The zero-order chi connectivity index (χ0) is 13.8. The smallest absolute Gasteiger partial charge is 0.137 e. The van der Waals surface area contributed by atoms with Crippen LogP contribution >= 0.6 is 23.4 Å². The molecule has 1 atom stereocenters. The van der Waals surface area contributed by atoms with Crippen LogP contribution in [0.25, 0.3) is 0 Å². The third kappa shape index (κ3) is 3.72. The Bertz CT molecular complexity index is 572. The maximum absolute atomic E-state index is 13.7. The van der Waals surface area contributed by atoms with Crippen molar-refractivity contribution in [2.24, 2.45) is 5.73 Å². The van der Waals surface area contributed by atoms with E-state index < -0.39 is 0 Å². The van der Waals surface area contributed by atoms with Crippen molar-refractivity contribution in [3.8, 4) is 0 Å². The van der Waals surface area contributed by atoms with Crippen molar-refractivity contribution in [2.45, 2.75) is 29.2 Å². The molecule has 19 heavy (non-hydrogen) atoms. The molecule has 1 nitrogen and oxygen atoms in total. The van der Waals surface area contributed by atoms with Crippen molar-refractivity contribution in [3.05, 3.63) is 58.9 Å². The Morgan fingerprint density at radius 2 is 1.84 bits per heavy atom. The van der Waals surface area contributed by atoms with Gasteiger partial charge < -0.3 is 5.73 Å². The molecule has 0 amide bonds. The van der Waals surface area contributed by atoms with E-state index in [4.69, 9.17) is 17.3 Å². The fourth-order valence-corrected chi connectivity index (χ4v) is 3.12. The summed E-state index contributed by atoms with van der Waals surface area (Å²) in [5, 5.41) is 0.679. The van der Waals surface area contributed by atoms with Crippen molar-refractivity contribution in [2.75, 3.05) is 0 Å². The summed E-state index contributed by atoms with van der Waals surface area (Å²) in [5.74, 6) is -0.223. The van der Waals surface area contributed by atoms with E-state index in [9.17, 15) is 4.39 Å². The predicted octanol–water partition coefficient (Wildman–Crippen LogP) is 4.52. The van der Waals surface area contributed by atoms with Crippen LogP contribution in [0.2, 0.25) is 5.02 Å². The number of hydrogen-bond acceptors (Lipinski definition) is 2. The average Bonchev–Trinajstić information content (AvgIpc) is 2.36. The van der Waals surface area contributed by atoms with Gasteiger partial charge in [-0.05, 0) is 43.2 Å². The van der Waals surface area contributed by atoms with Crippen LogP contribution in [0, 0.1) is 5.82 Å². The van der Waals surface area contributed by atoms with Crippen LogP contribution in [0.15, 0.2) is 52.3 Å². The van der Waals surface area contributed by atoms with Crippen LogP contribution in [0.1, 0.15) is 12.5 Å². The van der Waals surface area contributed by atoms with Gasteiger partial charge in [-0.2, -0.15) is 0 Å². The SMILES string of the molecule is CC(N)Cc1c(Cl)cccc1Sc1ccccc1F. The van der Waals surface area contributed by atoms with E-state index in [0.717, 1.165) is 10.5 Å². The summed E-state index contributed by atoms with van der Waals surface area (Å²) in [7, 11) is 0.